The molecule has 0 bridgehead atoms. The molecule has 2 rings (SSSR count). The fourth-order valence-corrected chi connectivity index (χ4v) is 2.10. The minimum Gasteiger partial charge on any atom is -0.481 e. The number of carbonyl (C=O) groups is 1. The Bertz CT molecular complexity index is 439. The van der Waals surface area contributed by atoms with Crippen LogP contribution in [0, 0.1) is 6.92 Å². The lowest BCUT2D eigenvalue weighted by Crippen LogP contribution is -2.16. The van der Waals surface area contributed by atoms with E-state index in [0.717, 1.165) is 22.4 Å². The van der Waals surface area contributed by atoms with E-state index in [2.05, 4.69) is 0 Å². The fourth-order valence-electron chi connectivity index (χ4n) is 2.10. The molecule has 17 heavy (non-hydrogen) atoms. The first kappa shape index (κ1) is 11.9. The number of fused-ring (bicyclic) bond motifs is 1. The van der Waals surface area contributed by atoms with E-state index in [1.165, 1.54) is 0 Å². The van der Waals surface area contributed by atoms with E-state index in [0.29, 0.717) is 6.61 Å². The largest absolute Gasteiger partial charge is 0.481 e. The Kier molecular flexibility index (Phi) is 3.33. The van der Waals surface area contributed by atoms with E-state index in [9.17, 15) is 4.79 Å². The standard InChI is InChI=1S/C13H16O4/c1-8-3-4-10(9(2)5-12(14)15)13-11(8)6-16-7-17-13/h3-4,9H,5-7H2,1-2H3,(H,14,15). The van der Waals surface area contributed by atoms with Crippen LogP contribution < -0.4 is 4.74 Å². The van der Waals surface area contributed by atoms with E-state index in [1.807, 2.05) is 26.0 Å². The van der Waals surface area contributed by atoms with Gasteiger partial charge < -0.3 is 14.6 Å². The van der Waals surface area contributed by atoms with Crippen LogP contribution >= 0.6 is 0 Å². The van der Waals surface area contributed by atoms with Crippen LogP contribution in [0.2, 0.25) is 0 Å². The second-order valence-electron chi connectivity index (χ2n) is 4.39. The predicted octanol–water partition coefficient (Wildman–Crippen LogP) is 2.44. The zero-order chi connectivity index (χ0) is 12.4. The van der Waals surface area contributed by atoms with Crippen molar-refractivity contribution in [2.75, 3.05) is 6.79 Å². The van der Waals surface area contributed by atoms with Crippen LogP contribution in [0.1, 0.15) is 36.0 Å². The van der Waals surface area contributed by atoms with Gasteiger partial charge in [-0.25, -0.2) is 0 Å². The summed E-state index contributed by atoms with van der Waals surface area (Å²) in [5.41, 5.74) is 3.10. The van der Waals surface area contributed by atoms with Gasteiger partial charge in [0, 0.05) is 5.56 Å². The van der Waals surface area contributed by atoms with Crippen molar-refractivity contribution < 1.29 is 19.4 Å². The van der Waals surface area contributed by atoms with Gasteiger partial charge in [0.25, 0.3) is 0 Å². The van der Waals surface area contributed by atoms with Crippen LogP contribution in [0.3, 0.4) is 0 Å². The number of carboxylic acid groups (broad SMARTS) is 1. The molecule has 1 aromatic carbocycles. The van der Waals surface area contributed by atoms with Crippen LogP contribution in [0.15, 0.2) is 12.1 Å². The molecule has 0 amide bonds. The number of aliphatic carboxylic acids is 1. The number of rotatable bonds is 3. The average Bonchev–Trinajstić information content (AvgIpc) is 2.29. The van der Waals surface area contributed by atoms with Gasteiger partial charge in [-0.1, -0.05) is 19.1 Å². The number of carboxylic acids is 1. The van der Waals surface area contributed by atoms with Crippen LogP contribution in [0.4, 0.5) is 0 Å². The molecule has 1 N–H and O–H groups in total. The maximum atomic E-state index is 10.8. The summed E-state index contributed by atoms with van der Waals surface area (Å²) in [6, 6.07) is 3.94. The van der Waals surface area contributed by atoms with E-state index in [4.69, 9.17) is 14.6 Å². The van der Waals surface area contributed by atoms with Gasteiger partial charge in [0.2, 0.25) is 0 Å². The van der Waals surface area contributed by atoms with Crippen molar-refractivity contribution in [1.29, 1.82) is 0 Å². The second kappa shape index (κ2) is 4.75. The van der Waals surface area contributed by atoms with E-state index in [1.54, 1.807) is 0 Å². The molecular weight excluding hydrogens is 220 g/mol. The topological polar surface area (TPSA) is 55.8 Å². The van der Waals surface area contributed by atoms with Gasteiger partial charge in [-0.2, -0.15) is 0 Å². The van der Waals surface area contributed by atoms with Crippen molar-refractivity contribution in [3.63, 3.8) is 0 Å². The van der Waals surface area contributed by atoms with E-state index < -0.39 is 5.97 Å². The third-order valence-corrected chi connectivity index (χ3v) is 3.07. The first-order chi connectivity index (χ1) is 8.09. The summed E-state index contributed by atoms with van der Waals surface area (Å²) in [6.45, 7) is 4.68. The molecule has 0 aromatic heterocycles. The Morgan fingerprint density at radius 1 is 1.53 bits per heavy atom. The van der Waals surface area contributed by atoms with Gasteiger partial charge in [0.05, 0.1) is 13.0 Å². The maximum Gasteiger partial charge on any atom is 0.303 e. The quantitative estimate of drug-likeness (QED) is 0.875. The van der Waals surface area contributed by atoms with Crippen molar-refractivity contribution in [3.8, 4) is 5.75 Å². The maximum absolute atomic E-state index is 10.8. The molecule has 0 spiro atoms. The van der Waals surface area contributed by atoms with Crippen molar-refractivity contribution in [3.05, 3.63) is 28.8 Å². The highest BCUT2D eigenvalue weighted by Crippen LogP contribution is 2.36. The third-order valence-electron chi connectivity index (χ3n) is 3.07. The Morgan fingerprint density at radius 2 is 2.29 bits per heavy atom. The zero-order valence-corrected chi connectivity index (χ0v) is 10.0. The molecule has 1 aromatic rings. The normalized spacial score (nSPS) is 15.9. The van der Waals surface area contributed by atoms with Crippen LogP contribution in [-0.2, 0) is 16.1 Å². The molecule has 1 atom stereocenters. The Balaban J connectivity index is 2.37. The fraction of sp³-hybridized carbons (Fsp3) is 0.462. The summed E-state index contributed by atoms with van der Waals surface area (Å²) in [5, 5.41) is 8.84. The van der Waals surface area contributed by atoms with Gasteiger partial charge in [0.1, 0.15) is 5.75 Å². The highest BCUT2D eigenvalue weighted by Gasteiger charge is 2.21. The molecular formula is C13H16O4. The smallest absolute Gasteiger partial charge is 0.303 e. The van der Waals surface area contributed by atoms with E-state index in [-0.39, 0.29) is 19.1 Å². The highest BCUT2D eigenvalue weighted by molar-refractivity contribution is 5.68. The molecule has 1 aliphatic heterocycles. The minimum atomic E-state index is -0.793. The number of aryl methyl sites for hydroxylation is 1. The zero-order valence-electron chi connectivity index (χ0n) is 10.0. The first-order valence-electron chi connectivity index (χ1n) is 5.64. The number of benzene rings is 1. The van der Waals surface area contributed by atoms with E-state index >= 15 is 0 Å². The molecule has 0 saturated heterocycles. The molecule has 92 valence electrons. The van der Waals surface area contributed by atoms with Crippen molar-refractivity contribution in [2.45, 2.75) is 32.8 Å². The first-order valence-corrected chi connectivity index (χ1v) is 5.64. The van der Waals surface area contributed by atoms with Crippen molar-refractivity contribution >= 4 is 5.97 Å². The number of hydrogen-bond acceptors (Lipinski definition) is 3. The minimum absolute atomic E-state index is 0.0556. The SMILES string of the molecule is Cc1ccc(C(C)CC(=O)O)c2c1COCO2. The van der Waals surface area contributed by atoms with Gasteiger partial charge in [-0.15, -0.1) is 0 Å². The van der Waals surface area contributed by atoms with Crippen LogP contribution in [0.5, 0.6) is 5.75 Å². The third kappa shape index (κ3) is 2.42. The Morgan fingerprint density at radius 3 is 3.00 bits per heavy atom. The van der Waals surface area contributed by atoms with Gasteiger partial charge in [0.15, 0.2) is 6.79 Å². The lowest BCUT2D eigenvalue weighted by molar-refractivity contribution is -0.137. The van der Waals surface area contributed by atoms with Crippen molar-refractivity contribution in [2.24, 2.45) is 0 Å². The Hall–Kier alpha value is -1.55. The summed E-state index contributed by atoms with van der Waals surface area (Å²) in [6.07, 6.45) is 0.111. The molecule has 0 saturated carbocycles. The van der Waals surface area contributed by atoms with Gasteiger partial charge >= 0.3 is 5.97 Å². The molecule has 1 aliphatic rings. The monoisotopic (exact) mass is 236 g/mol. The van der Waals surface area contributed by atoms with Crippen molar-refractivity contribution in [1.82, 2.24) is 0 Å². The van der Waals surface area contributed by atoms with Crippen LogP contribution in [-0.4, -0.2) is 17.9 Å². The molecule has 0 fully saturated rings. The highest BCUT2D eigenvalue weighted by atomic mass is 16.7. The molecule has 0 radical (unpaired) electrons. The summed E-state index contributed by atoms with van der Waals surface area (Å²) < 4.78 is 10.8. The van der Waals surface area contributed by atoms with Crippen LogP contribution in [0.25, 0.3) is 0 Å². The number of ether oxygens (including phenoxy) is 2. The van der Waals surface area contributed by atoms with Gasteiger partial charge in [-0.05, 0) is 24.0 Å². The lowest BCUT2D eigenvalue weighted by atomic mass is 9.92. The number of hydrogen-bond donors (Lipinski definition) is 1. The lowest BCUT2D eigenvalue weighted by Gasteiger charge is -2.24. The van der Waals surface area contributed by atoms with Gasteiger partial charge in [-0.3, -0.25) is 4.79 Å². The molecule has 1 heterocycles. The molecule has 4 nitrogen and oxygen atoms in total. The Labute approximate surface area is 100 Å². The molecule has 0 aliphatic carbocycles. The second-order valence-corrected chi connectivity index (χ2v) is 4.39. The molecule has 4 heteroatoms. The summed E-state index contributed by atoms with van der Waals surface area (Å²) >= 11 is 0. The molecule has 1 unspecified atom stereocenters. The average molecular weight is 236 g/mol. The summed E-state index contributed by atoms with van der Waals surface area (Å²) in [7, 11) is 0. The predicted molar refractivity (Wildman–Crippen MR) is 62.1 cm³/mol. The summed E-state index contributed by atoms with van der Waals surface area (Å²) in [5.74, 6) is -0.0381. The summed E-state index contributed by atoms with van der Waals surface area (Å²) in [4.78, 5) is 10.8.